The Balaban J connectivity index is 1.53. The minimum Gasteiger partial charge on any atom is -0.274 e. The Morgan fingerprint density at radius 2 is 1.39 bits per heavy atom. The summed E-state index contributed by atoms with van der Waals surface area (Å²) in [7, 11) is -3.32. The highest BCUT2D eigenvalue weighted by molar-refractivity contribution is 7.90. The number of sulfone groups is 1. The van der Waals surface area contributed by atoms with Gasteiger partial charge in [-0.1, -0.05) is 42.5 Å². The molecule has 0 saturated carbocycles. The van der Waals surface area contributed by atoms with E-state index in [4.69, 9.17) is 0 Å². The van der Waals surface area contributed by atoms with E-state index in [0.717, 1.165) is 16.5 Å². The maximum atomic E-state index is 12.7. The number of hydrogen-bond donors (Lipinski definition) is 0. The maximum Gasteiger partial charge on any atom is 0.261 e. The second kappa shape index (κ2) is 7.90. The van der Waals surface area contributed by atoms with Crippen molar-refractivity contribution < 1.29 is 18.0 Å². The second-order valence-corrected chi connectivity index (χ2v) is 9.91. The molecular weight excluding hydrogens is 438 g/mol. The fraction of sp³-hybridized carbons (Fsp3) is 0.120. The molecule has 33 heavy (non-hydrogen) atoms. The van der Waals surface area contributed by atoms with Crippen LogP contribution in [0.4, 0.5) is 0 Å². The van der Waals surface area contributed by atoms with Gasteiger partial charge in [-0.2, -0.15) is 10.2 Å². The molecule has 2 amide bonds. The van der Waals surface area contributed by atoms with Crippen LogP contribution in [0.1, 0.15) is 26.4 Å². The average molecular weight is 458 g/mol. The van der Waals surface area contributed by atoms with Crippen molar-refractivity contribution in [2.75, 3.05) is 12.8 Å². The molecule has 164 valence electrons. The quantitative estimate of drug-likeness (QED) is 0.425. The number of benzene rings is 3. The first-order chi connectivity index (χ1) is 15.8. The van der Waals surface area contributed by atoms with Crippen LogP contribution in [0.3, 0.4) is 0 Å². The monoisotopic (exact) mass is 457 g/mol. The summed E-state index contributed by atoms with van der Waals surface area (Å²) in [5.74, 6) is -0.633. The van der Waals surface area contributed by atoms with Gasteiger partial charge in [0.1, 0.15) is 0 Å². The number of imide groups is 1. The molecule has 2 heterocycles. The summed E-state index contributed by atoms with van der Waals surface area (Å²) >= 11 is 0. The predicted octanol–water partition coefficient (Wildman–Crippen LogP) is 3.54. The minimum absolute atomic E-state index is 0.161. The van der Waals surface area contributed by atoms with Crippen molar-refractivity contribution in [1.29, 1.82) is 0 Å². The van der Waals surface area contributed by atoms with Crippen LogP contribution in [-0.4, -0.2) is 48.1 Å². The van der Waals surface area contributed by atoms with Crippen LogP contribution in [0.5, 0.6) is 0 Å². The zero-order chi connectivity index (χ0) is 23.2. The molecule has 0 bridgehead atoms. The number of rotatable bonds is 5. The molecule has 0 radical (unpaired) electrons. The summed E-state index contributed by atoms with van der Waals surface area (Å²) in [5.41, 5.74) is 3.72. The molecule has 0 atom stereocenters. The molecule has 0 fully saturated rings. The second-order valence-electron chi connectivity index (χ2n) is 7.89. The lowest BCUT2D eigenvalue weighted by Gasteiger charge is -2.16. The van der Waals surface area contributed by atoms with Crippen molar-refractivity contribution in [1.82, 2.24) is 15.1 Å². The first-order valence-electron chi connectivity index (χ1n) is 10.3. The Hall–Kier alpha value is -3.91. The summed E-state index contributed by atoms with van der Waals surface area (Å²) < 4.78 is 23.7. The van der Waals surface area contributed by atoms with Gasteiger partial charge in [-0.15, -0.1) is 0 Å². The number of carbonyl (C=O) groups excluding carboxylic acids is 2. The van der Waals surface area contributed by atoms with Gasteiger partial charge in [-0.25, -0.2) is 8.42 Å². The zero-order valence-corrected chi connectivity index (χ0v) is 18.5. The van der Waals surface area contributed by atoms with Gasteiger partial charge in [0.15, 0.2) is 9.84 Å². The lowest BCUT2D eigenvalue weighted by Crippen LogP contribution is -2.32. The van der Waals surface area contributed by atoms with Gasteiger partial charge in [0.05, 0.1) is 27.2 Å². The summed E-state index contributed by atoms with van der Waals surface area (Å²) in [4.78, 5) is 26.9. The van der Waals surface area contributed by atoms with Gasteiger partial charge < -0.3 is 0 Å². The van der Waals surface area contributed by atoms with Gasteiger partial charge in [0.2, 0.25) is 0 Å². The molecule has 0 N–H and O–H groups in total. The Kier molecular flexibility index (Phi) is 5.02. The number of amides is 2. The molecule has 0 saturated heterocycles. The lowest BCUT2D eigenvalue weighted by atomic mass is 9.98. The van der Waals surface area contributed by atoms with Crippen LogP contribution in [0, 0.1) is 0 Å². The smallest absolute Gasteiger partial charge is 0.261 e. The first-order valence-corrected chi connectivity index (χ1v) is 12.2. The van der Waals surface area contributed by atoms with E-state index in [9.17, 15) is 18.0 Å². The van der Waals surface area contributed by atoms with Crippen molar-refractivity contribution in [3.8, 4) is 11.1 Å². The molecular formula is C25H19N3O4S. The molecule has 1 aliphatic rings. The highest BCUT2D eigenvalue weighted by atomic mass is 32.2. The minimum atomic E-state index is -3.32. The molecule has 1 aliphatic heterocycles. The van der Waals surface area contributed by atoms with Crippen molar-refractivity contribution >= 4 is 32.6 Å². The molecule has 1 aromatic heterocycles. The van der Waals surface area contributed by atoms with Crippen LogP contribution in [0.25, 0.3) is 22.0 Å². The first kappa shape index (κ1) is 21.0. The Morgan fingerprint density at radius 1 is 0.788 bits per heavy atom. The van der Waals surface area contributed by atoms with Gasteiger partial charge in [0, 0.05) is 30.2 Å². The molecule has 3 aromatic carbocycles. The largest absolute Gasteiger partial charge is 0.274 e. The van der Waals surface area contributed by atoms with E-state index in [1.807, 2.05) is 24.3 Å². The van der Waals surface area contributed by atoms with Crippen molar-refractivity contribution in [2.45, 2.75) is 11.3 Å². The SMILES string of the molecule is CS(=O)(=O)c1ccc(-c2c(CCN3C(=O)c4ccccc4C3=O)nnc3ccccc23)cc1. The fourth-order valence-corrected chi connectivity index (χ4v) is 4.75. The van der Waals surface area contributed by atoms with Gasteiger partial charge in [0.25, 0.3) is 11.8 Å². The number of fused-ring (bicyclic) bond motifs is 2. The zero-order valence-electron chi connectivity index (χ0n) is 17.7. The summed E-state index contributed by atoms with van der Waals surface area (Å²) in [6.45, 7) is 0.161. The molecule has 0 unspecified atom stereocenters. The van der Waals surface area contributed by atoms with E-state index in [2.05, 4.69) is 10.2 Å². The van der Waals surface area contributed by atoms with Crippen LogP contribution in [0.15, 0.2) is 77.7 Å². The van der Waals surface area contributed by atoms with Crippen molar-refractivity contribution in [2.24, 2.45) is 0 Å². The topological polar surface area (TPSA) is 97.3 Å². The summed E-state index contributed by atoms with van der Waals surface area (Å²) in [6, 6.07) is 20.9. The van der Waals surface area contributed by atoms with Crippen LogP contribution in [-0.2, 0) is 16.3 Å². The van der Waals surface area contributed by atoms with Gasteiger partial charge >= 0.3 is 0 Å². The van der Waals surface area contributed by atoms with Crippen molar-refractivity contribution in [3.63, 3.8) is 0 Å². The van der Waals surface area contributed by atoms with E-state index >= 15 is 0 Å². The molecule has 5 rings (SSSR count). The Morgan fingerprint density at radius 3 is 2.03 bits per heavy atom. The van der Waals surface area contributed by atoms with E-state index in [0.29, 0.717) is 28.8 Å². The number of carbonyl (C=O) groups is 2. The fourth-order valence-electron chi connectivity index (χ4n) is 4.12. The standard InChI is InChI=1S/C25H19N3O4S/c1-33(31,32)17-12-10-16(11-13-17)23-20-8-4-5-9-21(20)26-27-22(23)14-15-28-24(29)18-6-2-3-7-19(18)25(28)30/h2-13H,14-15H2,1H3. The molecule has 0 aliphatic carbocycles. The Bertz CT molecular complexity index is 1490. The maximum absolute atomic E-state index is 12.7. The number of aromatic nitrogens is 2. The van der Waals surface area contributed by atoms with Crippen LogP contribution < -0.4 is 0 Å². The third kappa shape index (κ3) is 3.68. The highest BCUT2D eigenvalue weighted by Gasteiger charge is 2.35. The van der Waals surface area contributed by atoms with E-state index < -0.39 is 9.84 Å². The van der Waals surface area contributed by atoms with Crippen molar-refractivity contribution in [3.05, 3.63) is 89.6 Å². The third-order valence-corrected chi connectivity index (χ3v) is 6.89. The molecule has 0 spiro atoms. The lowest BCUT2D eigenvalue weighted by molar-refractivity contribution is 0.0655. The predicted molar refractivity (Wildman–Crippen MR) is 124 cm³/mol. The van der Waals surface area contributed by atoms with Crippen LogP contribution in [0.2, 0.25) is 0 Å². The summed E-state index contributed by atoms with van der Waals surface area (Å²) in [6.07, 6.45) is 1.48. The number of nitrogens with zero attached hydrogens (tertiary/aromatic N) is 3. The molecule has 8 heteroatoms. The van der Waals surface area contributed by atoms with Gasteiger partial charge in [-0.05, 0) is 35.9 Å². The summed E-state index contributed by atoms with van der Waals surface area (Å²) in [5, 5.41) is 9.57. The molecule has 7 nitrogen and oxygen atoms in total. The Labute approximate surface area is 190 Å². The third-order valence-electron chi connectivity index (χ3n) is 5.76. The van der Waals surface area contributed by atoms with E-state index in [1.165, 1.54) is 11.2 Å². The van der Waals surface area contributed by atoms with Crippen LogP contribution >= 0.6 is 0 Å². The molecule has 4 aromatic rings. The van der Waals surface area contributed by atoms with E-state index in [-0.39, 0.29) is 23.3 Å². The average Bonchev–Trinajstić information content (AvgIpc) is 3.06. The number of hydrogen-bond acceptors (Lipinski definition) is 6. The van der Waals surface area contributed by atoms with E-state index in [1.54, 1.807) is 48.5 Å². The highest BCUT2D eigenvalue weighted by Crippen LogP contribution is 2.32. The van der Waals surface area contributed by atoms with Gasteiger partial charge in [-0.3, -0.25) is 14.5 Å². The normalized spacial score (nSPS) is 13.5.